The van der Waals surface area contributed by atoms with Gasteiger partial charge in [0.05, 0.1) is 18.9 Å². The Hall–Kier alpha value is -2.31. The lowest BCUT2D eigenvalue weighted by Gasteiger charge is -2.06. The minimum absolute atomic E-state index is 0.142. The molecular formula is C8H10N6O. The summed E-state index contributed by atoms with van der Waals surface area (Å²) in [5, 5.41) is 7.51. The van der Waals surface area contributed by atoms with Gasteiger partial charge >= 0.3 is 0 Å². The summed E-state index contributed by atoms with van der Waals surface area (Å²) < 4.78 is 6.32. The van der Waals surface area contributed by atoms with E-state index in [9.17, 15) is 0 Å². The van der Waals surface area contributed by atoms with Crippen LogP contribution in [0.1, 0.15) is 0 Å². The van der Waals surface area contributed by atoms with Gasteiger partial charge in [0.1, 0.15) is 5.75 Å². The maximum Gasteiger partial charge on any atom is 0.241 e. The molecule has 78 valence electrons. The van der Waals surface area contributed by atoms with E-state index in [2.05, 4.69) is 15.2 Å². The highest BCUT2D eigenvalue weighted by molar-refractivity contribution is 5.64. The number of methoxy groups -OCH3 is 1. The van der Waals surface area contributed by atoms with E-state index in [-0.39, 0.29) is 5.95 Å². The lowest BCUT2D eigenvalue weighted by Crippen LogP contribution is -2.13. The highest BCUT2D eigenvalue weighted by atomic mass is 16.5. The van der Waals surface area contributed by atoms with E-state index in [0.717, 1.165) is 0 Å². The molecule has 0 saturated heterocycles. The molecule has 2 rings (SSSR count). The molecule has 15 heavy (non-hydrogen) atoms. The Morgan fingerprint density at radius 2 is 2.20 bits per heavy atom. The third-order valence-corrected chi connectivity index (χ3v) is 1.97. The quantitative estimate of drug-likeness (QED) is 0.650. The summed E-state index contributed by atoms with van der Waals surface area (Å²) in [6.45, 7) is 0. The minimum atomic E-state index is 0.142. The van der Waals surface area contributed by atoms with Crippen LogP contribution < -0.4 is 16.3 Å². The smallest absolute Gasteiger partial charge is 0.241 e. The first kappa shape index (κ1) is 9.25. The van der Waals surface area contributed by atoms with Crippen molar-refractivity contribution in [1.82, 2.24) is 19.9 Å². The van der Waals surface area contributed by atoms with Crippen LogP contribution in [-0.4, -0.2) is 27.0 Å². The molecule has 2 aromatic rings. The van der Waals surface area contributed by atoms with Gasteiger partial charge in [-0.2, -0.15) is 0 Å². The van der Waals surface area contributed by atoms with Gasteiger partial charge in [-0.15, -0.1) is 10.2 Å². The predicted molar refractivity (Wildman–Crippen MR) is 54.4 cm³/mol. The molecule has 0 atom stereocenters. The van der Waals surface area contributed by atoms with E-state index in [1.54, 1.807) is 25.6 Å². The van der Waals surface area contributed by atoms with E-state index in [4.69, 9.17) is 16.3 Å². The van der Waals surface area contributed by atoms with Crippen molar-refractivity contribution in [2.75, 3.05) is 18.7 Å². The van der Waals surface area contributed by atoms with Gasteiger partial charge in [0.25, 0.3) is 0 Å². The maximum atomic E-state index is 5.65. The third-order valence-electron chi connectivity index (χ3n) is 1.97. The first-order valence-corrected chi connectivity index (χ1v) is 4.18. The zero-order valence-electron chi connectivity index (χ0n) is 8.08. The largest absolute Gasteiger partial charge is 0.494 e. The van der Waals surface area contributed by atoms with Crippen LogP contribution in [0.15, 0.2) is 18.5 Å². The second-order valence-electron chi connectivity index (χ2n) is 2.83. The molecule has 0 saturated carbocycles. The van der Waals surface area contributed by atoms with Gasteiger partial charge in [0.2, 0.25) is 5.95 Å². The summed E-state index contributed by atoms with van der Waals surface area (Å²) >= 11 is 0. The number of nitrogens with zero attached hydrogens (tertiary/aromatic N) is 4. The average Bonchev–Trinajstić information content (AvgIpc) is 2.60. The van der Waals surface area contributed by atoms with E-state index >= 15 is 0 Å². The molecule has 2 heterocycles. The Kier molecular flexibility index (Phi) is 2.13. The summed E-state index contributed by atoms with van der Waals surface area (Å²) in [7, 11) is 1.54. The molecule has 0 aliphatic rings. The molecule has 0 amide bonds. The fourth-order valence-electron chi connectivity index (χ4n) is 1.21. The monoisotopic (exact) mass is 206 g/mol. The minimum Gasteiger partial charge on any atom is -0.494 e. The number of nitrogen functional groups attached to an aromatic ring is 2. The van der Waals surface area contributed by atoms with Crippen LogP contribution in [0.3, 0.4) is 0 Å². The van der Waals surface area contributed by atoms with Crippen molar-refractivity contribution in [2.45, 2.75) is 0 Å². The fourth-order valence-corrected chi connectivity index (χ4v) is 1.21. The molecule has 0 aromatic carbocycles. The number of rotatable bonds is 2. The number of ether oxygens (including phenoxy) is 1. The fraction of sp³-hybridized carbons (Fsp3) is 0.125. The SMILES string of the molecule is COc1cnccc1-c1nnc(N)n1N. The van der Waals surface area contributed by atoms with Gasteiger partial charge in [0.15, 0.2) is 5.82 Å². The second kappa shape index (κ2) is 3.45. The van der Waals surface area contributed by atoms with Crippen molar-refractivity contribution in [1.29, 1.82) is 0 Å². The van der Waals surface area contributed by atoms with Crippen LogP contribution in [0.2, 0.25) is 0 Å². The first-order valence-electron chi connectivity index (χ1n) is 4.18. The molecule has 4 N–H and O–H groups in total. The van der Waals surface area contributed by atoms with E-state index < -0.39 is 0 Å². The number of aromatic nitrogens is 4. The highest BCUT2D eigenvalue weighted by Gasteiger charge is 2.13. The molecule has 0 bridgehead atoms. The van der Waals surface area contributed by atoms with Gasteiger partial charge in [-0.25, -0.2) is 4.68 Å². The summed E-state index contributed by atoms with van der Waals surface area (Å²) in [5.74, 6) is 6.79. The zero-order chi connectivity index (χ0) is 10.8. The van der Waals surface area contributed by atoms with Crippen LogP contribution >= 0.6 is 0 Å². The van der Waals surface area contributed by atoms with Gasteiger partial charge < -0.3 is 16.3 Å². The van der Waals surface area contributed by atoms with Crippen LogP contribution in [0.25, 0.3) is 11.4 Å². The predicted octanol–water partition coefficient (Wildman–Crippen LogP) is -0.355. The lowest BCUT2D eigenvalue weighted by atomic mass is 10.2. The summed E-state index contributed by atoms with van der Waals surface area (Å²) in [6, 6.07) is 1.73. The Morgan fingerprint density at radius 3 is 2.80 bits per heavy atom. The molecule has 7 heteroatoms. The van der Waals surface area contributed by atoms with Crippen molar-refractivity contribution in [3.63, 3.8) is 0 Å². The number of hydrogen-bond acceptors (Lipinski definition) is 6. The van der Waals surface area contributed by atoms with Gasteiger partial charge in [-0.1, -0.05) is 0 Å². The van der Waals surface area contributed by atoms with Crippen LogP contribution in [0.5, 0.6) is 5.75 Å². The first-order chi connectivity index (χ1) is 7.24. The van der Waals surface area contributed by atoms with Crippen molar-refractivity contribution in [3.05, 3.63) is 18.5 Å². The average molecular weight is 206 g/mol. The molecule has 2 aromatic heterocycles. The molecule has 0 spiro atoms. The molecule has 0 unspecified atom stereocenters. The van der Waals surface area contributed by atoms with Crippen molar-refractivity contribution >= 4 is 5.95 Å². The van der Waals surface area contributed by atoms with E-state index in [1.165, 1.54) is 4.68 Å². The Labute approximate surface area is 85.7 Å². The second-order valence-corrected chi connectivity index (χ2v) is 2.83. The van der Waals surface area contributed by atoms with E-state index in [0.29, 0.717) is 17.1 Å². The molecule has 0 fully saturated rings. The topological polar surface area (TPSA) is 105 Å². The van der Waals surface area contributed by atoms with Gasteiger partial charge in [-0.05, 0) is 6.07 Å². The number of nitrogens with two attached hydrogens (primary N) is 2. The van der Waals surface area contributed by atoms with Crippen molar-refractivity contribution in [3.8, 4) is 17.1 Å². The third kappa shape index (κ3) is 1.43. The zero-order valence-corrected chi connectivity index (χ0v) is 8.08. The summed E-state index contributed by atoms with van der Waals surface area (Å²) in [6.07, 6.45) is 3.18. The Bertz CT molecular complexity index is 480. The van der Waals surface area contributed by atoms with Gasteiger partial charge in [-0.3, -0.25) is 4.98 Å². The molecular weight excluding hydrogens is 196 g/mol. The van der Waals surface area contributed by atoms with E-state index in [1.807, 2.05) is 0 Å². The summed E-state index contributed by atoms with van der Waals surface area (Å²) in [4.78, 5) is 3.92. The molecule has 0 aliphatic carbocycles. The number of anilines is 1. The maximum absolute atomic E-state index is 5.65. The highest BCUT2D eigenvalue weighted by Crippen LogP contribution is 2.26. The number of pyridine rings is 1. The Balaban J connectivity index is 2.58. The van der Waals surface area contributed by atoms with Gasteiger partial charge in [0, 0.05) is 6.20 Å². The van der Waals surface area contributed by atoms with Crippen LogP contribution in [0, 0.1) is 0 Å². The van der Waals surface area contributed by atoms with Crippen LogP contribution in [-0.2, 0) is 0 Å². The molecule has 0 radical (unpaired) electrons. The normalized spacial score (nSPS) is 10.2. The molecule has 0 aliphatic heterocycles. The summed E-state index contributed by atoms with van der Waals surface area (Å²) in [5.41, 5.74) is 6.17. The lowest BCUT2D eigenvalue weighted by molar-refractivity contribution is 0.414. The Morgan fingerprint density at radius 1 is 1.40 bits per heavy atom. The van der Waals surface area contributed by atoms with Crippen molar-refractivity contribution in [2.24, 2.45) is 0 Å². The number of hydrogen-bond donors (Lipinski definition) is 2. The standard InChI is InChI=1S/C8H10N6O/c1-15-6-4-11-3-2-5(6)7-12-13-8(9)14(7)10/h2-4H,10H2,1H3,(H2,9,13). The molecule has 7 nitrogen and oxygen atoms in total. The van der Waals surface area contributed by atoms with Crippen molar-refractivity contribution < 1.29 is 4.74 Å². The van der Waals surface area contributed by atoms with Crippen LogP contribution in [0.4, 0.5) is 5.95 Å².